The van der Waals surface area contributed by atoms with Crippen molar-refractivity contribution in [3.05, 3.63) is 120 Å². The van der Waals surface area contributed by atoms with E-state index in [1.54, 1.807) is 18.2 Å². The molecule has 0 saturated heterocycles. The van der Waals surface area contributed by atoms with Crippen molar-refractivity contribution in [2.75, 3.05) is 4.90 Å². The quantitative estimate of drug-likeness (QED) is 0.128. The van der Waals surface area contributed by atoms with Crippen LogP contribution in [0, 0.1) is 0 Å². The molecule has 4 nitrogen and oxygen atoms in total. The number of para-hydroxylation sites is 1. The molecule has 0 saturated carbocycles. The second-order valence-electron chi connectivity index (χ2n) is 12.7. The van der Waals surface area contributed by atoms with E-state index in [1.807, 2.05) is 56.3 Å². The Morgan fingerprint density at radius 3 is 1.59 bits per heavy atom. The van der Waals surface area contributed by atoms with Crippen LogP contribution in [0.2, 0.25) is 0 Å². The number of rotatable bonds is 1. The van der Waals surface area contributed by atoms with E-state index >= 15 is 0 Å². The fraction of sp³-hybridized carbons (Fsp3) is 0.132. The van der Waals surface area contributed by atoms with Gasteiger partial charge in [-0.15, -0.1) is 11.3 Å². The molecule has 0 fully saturated rings. The van der Waals surface area contributed by atoms with Crippen molar-refractivity contribution >= 4 is 81.1 Å². The zero-order chi connectivity index (χ0) is 34.0. The largest absolute Gasteiger partial charge is 0.451 e. The van der Waals surface area contributed by atoms with E-state index in [1.165, 1.54) is 16.2 Å². The van der Waals surface area contributed by atoms with Gasteiger partial charge in [-0.25, -0.2) is 4.98 Å². The standard InChI is InChI=1S/C38H22F6N4S/c1-36(2)27-13-7-8-14-29(27)48(35-46-33(37(39,40)41)45-34(47-35)38(42,43)44)30-18-32-26(16-28(30)36)25-15-23-21-11-5-3-9-19(21)20-10-4-6-12-22(20)24(23)17-31(25)49-32/h3-18H,1-2H3. The molecule has 0 aliphatic carbocycles. The monoisotopic (exact) mass is 680 g/mol. The number of fused-ring (bicyclic) bond motifs is 11. The molecule has 0 radical (unpaired) electrons. The second kappa shape index (κ2) is 9.88. The number of thiophene rings is 1. The van der Waals surface area contributed by atoms with Gasteiger partial charge >= 0.3 is 12.4 Å². The topological polar surface area (TPSA) is 41.9 Å². The third kappa shape index (κ3) is 4.34. The highest BCUT2D eigenvalue weighted by atomic mass is 32.1. The maximum atomic E-state index is 13.9. The minimum absolute atomic E-state index is 0.386. The lowest BCUT2D eigenvalue weighted by Crippen LogP contribution is -2.32. The Morgan fingerprint density at radius 1 is 0.510 bits per heavy atom. The van der Waals surface area contributed by atoms with Crippen LogP contribution in [0.1, 0.15) is 36.6 Å². The average Bonchev–Trinajstić information content (AvgIpc) is 3.43. The summed E-state index contributed by atoms with van der Waals surface area (Å²) < 4.78 is 85.4. The number of anilines is 3. The number of halogens is 6. The second-order valence-corrected chi connectivity index (χ2v) is 13.8. The number of benzene rings is 6. The molecular formula is C38H22F6N4S. The van der Waals surface area contributed by atoms with Gasteiger partial charge in [0.2, 0.25) is 17.6 Å². The van der Waals surface area contributed by atoms with E-state index in [2.05, 4.69) is 51.4 Å². The molecule has 9 rings (SSSR count). The van der Waals surface area contributed by atoms with Crippen molar-refractivity contribution in [1.29, 1.82) is 0 Å². The summed E-state index contributed by atoms with van der Waals surface area (Å²) in [5.41, 5.74) is 1.51. The van der Waals surface area contributed by atoms with Crippen LogP contribution >= 0.6 is 11.3 Å². The van der Waals surface area contributed by atoms with E-state index in [4.69, 9.17) is 0 Å². The lowest BCUT2D eigenvalue weighted by molar-refractivity contribution is -0.155. The summed E-state index contributed by atoms with van der Waals surface area (Å²) in [6, 6.07) is 31.7. The van der Waals surface area contributed by atoms with E-state index in [0.29, 0.717) is 22.5 Å². The molecule has 3 heterocycles. The van der Waals surface area contributed by atoms with Crippen LogP contribution in [0.4, 0.5) is 43.7 Å². The first-order chi connectivity index (χ1) is 23.3. The Kier molecular flexibility index (Phi) is 6.01. The van der Waals surface area contributed by atoms with Gasteiger partial charge in [0.05, 0.1) is 11.4 Å². The number of alkyl halides is 6. The molecule has 8 aromatic rings. The first kappa shape index (κ1) is 29.8. The van der Waals surface area contributed by atoms with Crippen LogP contribution < -0.4 is 4.90 Å². The van der Waals surface area contributed by atoms with Crippen LogP contribution in [-0.4, -0.2) is 15.0 Å². The third-order valence-electron chi connectivity index (χ3n) is 9.52. The molecule has 0 atom stereocenters. The molecule has 0 spiro atoms. The third-order valence-corrected chi connectivity index (χ3v) is 10.6. The summed E-state index contributed by atoms with van der Waals surface area (Å²) in [7, 11) is 0. The van der Waals surface area contributed by atoms with Crippen LogP contribution in [0.25, 0.3) is 52.5 Å². The molecule has 2 aromatic heterocycles. The Hall–Kier alpha value is -5.29. The molecule has 0 N–H and O–H groups in total. The van der Waals surface area contributed by atoms with E-state index in [-0.39, 0.29) is 0 Å². The van der Waals surface area contributed by atoms with Crippen molar-refractivity contribution in [2.24, 2.45) is 0 Å². The summed E-state index contributed by atoms with van der Waals surface area (Å²) in [5, 5.41) is 8.66. The highest BCUT2D eigenvalue weighted by Crippen LogP contribution is 2.54. The lowest BCUT2D eigenvalue weighted by atomic mass is 9.73. The summed E-state index contributed by atoms with van der Waals surface area (Å²) in [6.45, 7) is 3.99. The molecule has 0 unspecified atom stereocenters. The van der Waals surface area contributed by atoms with Gasteiger partial charge in [0.15, 0.2) is 0 Å². The van der Waals surface area contributed by atoms with Crippen molar-refractivity contribution in [3.8, 4) is 0 Å². The summed E-state index contributed by atoms with van der Waals surface area (Å²) in [6.07, 6.45) is -10.5. The molecule has 49 heavy (non-hydrogen) atoms. The Balaban J connectivity index is 1.37. The predicted octanol–water partition coefficient (Wildman–Crippen LogP) is 11.8. The zero-order valence-electron chi connectivity index (χ0n) is 25.7. The minimum atomic E-state index is -5.24. The molecular weight excluding hydrogens is 659 g/mol. The lowest BCUT2D eigenvalue weighted by Gasteiger charge is -2.41. The van der Waals surface area contributed by atoms with Crippen molar-refractivity contribution in [2.45, 2.75) is 31.6 Å². The number of hydrogen-bond acceptors (Lipinski definition) is 5. The zero-order valence-corrected chi connectivity index (χ0v) is 26.5. The van der Waals surface area contributed by atoms with Gasteiger partial charge in [0.25, 0.3) is 0 Å². The molecule has 0 amide bonds. The maximum Gasteiger partial charge on any atom is 0.451 e. The first-order valence-electron chi connectivity index (χ1n) is 15.3. The molecule has 1 aliphatic rings. The van der Waals surface area contributed by atoms with Gasteiger partial charge in [-0.1, -0.05) is 80.6 Å². The van der Waals surface area contributed by atoms with Gasteiger partial charge in [-0.05, 0) is 73.8 Å². The molecule has 11 heteroatoms. The number of hydrogen-bond donors (Lipinski definition) is 0. The van der Waals surface area contributed by atoms with Crippen LogP contribution in [0.3, 0.4) is 0 Å². The van der Waals surface area contributed by atoms with Gasteiger partial charge < -0.3 is 0 Å². The normalized spacial score (nSPS) is 14.7. The Morgan fingerprint density at radius 2 is 1.00 bits per heavy atom. The molecule has 6 aromatic carbocycles. The molecule has 242 valence electrons. The fourth-order valence-electron chi connectivity index (χ4n) is 7.30. The van der Waals surface area contributed by atoms with Crippen LogP contribution in [-0.2, 0) is 17.8 Å². The van der Waals surface area contributed by atoms with Gasteiger partial charge in [0, 0.05) is 25.6 Å². The van der Waals surface area contributed by atoms with Crippen molar-refractivity contribution in [1.82, 2.24) is 15.0 Å². The van der Waals surface area contributed by atoms with Gasteiger partial charge in [-0.3, -0.25) is 4.90 Å². The smallest absolute Gasteiger partial charge is 0.278 e. The fourth-order valence-corrected chi connectivity index (χ4v) is 8.44. The van der Waals surface area contributed by atoms with Crippen molar-refractivity contribution in [3.63, 3.8) is 0 Å². The highest BCUT2D eigenvalue weighted by molar-refractivity contribution is 7.26. The van der Waals surface area contributed by atoms with E-state index < -0.39 is 35.4 Å². The van der Waals surface area contributed by atoms with Crippen LogP contribution in [0.15, 0.2) is 97.1 Å². The van der Waals surface area contributed by atoms with Crippen molar-refractivity contribution < 1.29 is 26.3 Å². The minimum Gasteiger partial charge on any atom is -0.278 e. The van der Waals surface area contributed by atoms with Gasteiger partial charge in [0.1, 0.15) is 0 Å². The average molecular weight is 681 g/mol. The number of nitrogens with zero attached hydrogens (tertiary/aromatic N) is 4. The molecule has 0 bridgehead atoms. The maximum absolute atomic E-state index is 13.9. The van der Waals surface area contributed by atoms with E-state index in [9.17, 15) is 26.3 Å². The predicted molar refractivity (Wildman–Crippen MR) is 182 cm³/mol. The Bertz CT molecular complexity index is 2660. The summed E-state index contributed by atoms with van der Waals surface area (Å²) >= 11 is 1.52. The SMILES string of the molecule is CC1(C)c2ccccc2N(c2nc(C(F)(F)F)nc(C(F)(F)F)n2)c2cc3sc4cc5c6ccccc6c6ccccc6c5cc4c3cc21. The van der Waals surface area contributed by atoms with Gasteiger partial charge in [-0.2, -0.15) is 36.3 Å². The summed E-state index contributed by atoms with van der Waals surface area (Å²) in [5.74, 6) is -4.59. The summed E-state index contributed by atoms with van der Waals surface area (Å²) in [4.78, 5) is 11.2. The number of aromatic nitrogens is 3. The first-order valence-corrected chi connectivity index (χ1v) is 16.2. The Labute approximate surface area is 278 Å². The van der Waals surface area contributed by atoms with Crippen LogP contribution in [0.5, 0.6) is 0 Å². The molecule has 1 aliphatic heterocycles. The highest BCUT2D eigenvalue weighted by Gasteiger charge is 2.44. The van der Waals surface area contributed by atoms with E-state index in [0.717, 1.165) is 52.5 Å².